The lowest BCUT2D eigenvalue weighted by atomic mass is 10.0. The van der Waals surface area contributed by atoms with Crippen LogP contribution in [0.25, 0.3) is 10.9 Å². The average molecular weight is 466 g/mol. The number of pyridine rings is 1. The van der Waals surface area contributed by atoms with Gasteiger partial charge in [0.05, 0.1) is 9.92 Å². The van der Waals surface area contributed by atoms with Crippen LogP contribution in [-0.4, -0.2) is 25.4 Å². The molecule has 3 rings (SSSR count). The Bertz CT molecular complexity index is 1290. The standard InChI is InChI=1S/C21H21ClFN3O4S/c1-12(2)9-19(21(28)24-14-4-6-17(23)16(22)11-14)26-31(29,30)15-5-7-18-13(10-15)3-8-20(27)25-18/h3-8,10-12,19,26H,9H2,1-2H3,(H,24,28)(H,25,27). The van der Waals surface area contributed by atoms with E-state index in [0.717, 1.165) is 6.07 Å². The molecule has 0 bridgehead atoms. The fourth-order valence-corrected chi connectivity index (χ4v) is 4.46. The van der Waals surface area contributed by atoms with Crippen LogP contribution >= 0.6 is 11.6 Å². The monoisotopic (exact) mass is 465 g/mol. The van der Waals surface area contributed by atoms with Gasteiger partial charge < -0.3 is 10.3 Å². The van der Waals surface area contributed by atoms with Gasteiger partial charge in [0.25, 0.3) is 0 Å². The average Bonchev–Trinajstić information content (AvgIpc) is 2.69. The molecular formula is C21H21ClFN3O4S. The first-order chi connectivity index (χ1) is 14.5. The Balaban J connectivity index is 1.86. The summed E-state index contributed by atoms with van der Waals surface area (Å²) in [4.78, 5) is 26.8. The van der Waals surface area contributed by atoms with Gasteiger partial charge in [-0.3, -0.25) is 9.59 Å². The van der Waals surface area contributed by atoms with Crippen molar-refractivity contribution in [3.05, 3.63) is 69.7 Å². The van der Waals surface area contributed by atoms with Crippen LogP contribution in [0.2, 0.25) is 5.02 Å². The lowest BCUT2D eigenvalue weighted by Crippen LogP contribution is -2.44. The van der Waals surface area contributed by atoms with Gasteiger partial charge in [-0.05, 0) is 60.2 Å². The third-order valence-corrected chi connectivity index (χ3v) is 6.27. The smallest absolute Gasteiger partial charge is 0.248 e. The number of aromatic amines is 1. The SMILES string of the molecule is CC(C)CC(NS(=O)(=O)c1ccc2[nH]c(=O)ccc2c1)C(=O)Nc1ccc(F)c(Cl)c1. The fourth-order valence-electron chi connectivity index (χ4n) is 3.04. The van der Waals surface area contributed by atoms with Crippen molar-refractivity contribution in [1.82, 2.24) is 9.71 Å². The number of carbonyl (C=O) groups excluding carboxylic acids is 1. The van der Waals surface area contributed by atoms with Crippen molar-refractivity contribution in [1.29, 1.82) is 0 Å². The van der Waals surface area contributed by atoms with E-state index in [1.807, 2.05) is 13.8 Å². The summed E-state index contributed by atoms with van der Waals surface area (Å²) in [5.41, 5.74) is 0.450. The van der Waals surface area contributed by atoms with Gasteiger partial charge in [-0.2, -0.15) is 4.72 Å². The van der Waals surface area contributed by atoms with Gasteiger partial charge in [-0.1, -0.05) is 25.4 Å². The van der Waals surface area contributed by atoms with Gasteiger partial charge in [-0.25, -0.2) is 12.8 Å². The predicted octanol–water partition coefficient (Wildman–Crippen LogP) is 3.65. The zero-order valence-corrected chi connectivity index (χ0v) is 18.4. The number of carbonyl (C=O) groups is 1. The zero-order chi connectivity index (χ0) is 22.8. The highest BCUT2D eigenvalue weighted by molar-refractivity contribution is 7.89. The van der Waals surface area contributed by atoms with Crippen molar-refractivity contribution < 1.29 is 17.6 Å². The Morgan fingerprint density at radius 2 is 1.87 bits per heavy atom. The Labute approximate surface area is 183 Å². The molecule has 3 aromatic rings. The molecule has 2 aromatic carbocycles. The van der Waals surface area contributed by atoms with E-state index in [1.165, 1.54) is 42.5 Å². The molecule has 31 heavy (non-hydrogen) atoms. The molecular weight excluding hydrogens is 445 g/mol. The highest BCUT2D eigenvalue weighted by atomic mass is 35.5. The summed E-state index contributed by atoms with van der Waals surface area (Å²) in [6.07, 6.45) is 0.237. The third kappa shape index (κ3) is 5.69. The molecule has 0 aliphatic carbocycles. The molecule has 1 amide bonds. The van der Waals surface area contributed by atoms with Crippen LogP contribution in [0.4, 0.5) is 10.1 Å². The van der Waals surface area contributed by atoms with Crippen LogP contribution in [0.3, 0.4) is 0 Å². The van der Waals surface area contributed by atoms with Crippen molar-refractivity contribution in [2.75, 3.05) is 5.32 Å². The molecule has 0 saturated heterocycles. The molecule has 0 aliphatic heterocycles. The number of nitrogens with one attached hydrogen (secondary N) is 3. The number of sulfonamides is 1. The van der Waals surface area contributed by atoms with Gasteiger partial charge in [0.15, 0.2) is 0 Å². The molecule has 3 N–H and O–H groups in total. The Kier molecular flexibility index (Phi) is 6.78. The third-order valence-electron chi connectivity index (χ3n) is 4.51. The number of hydrogen-bond acceptors (Lipinski definition) is 4. The van der Waals surface area contributed by atoms with Crippen molar-refractivity contribution in [2.24, 2.45) is 5.92 Å². The van der Waals surface area contributed by atoms with Crippen molar-refractivity contribution in [3.8, 4) is 0 Å². The summed E-state index contributed by atoms with van der Waals surface area (Å²) < 4.78 is 41.7. The molecule has 7 nitrogen and oxygen atoms in total. The van der Waals surface area contributed by atoms with Gasteiger partial charge in [-0.15, -0.1) is 0 Å². The van der Waals surface area contributed by atoms with Crippen LogP contribution in [0.1, 0.15) is 20.3 Å². The lowest BCUT2D eigenvalue weighted by molar-refractivity contribution is -0.118. The first-order valence-corrected chi connectivity index (χ1v) is 11.3. The number of anilines is 1. The molecule has 0 radical (unpaired) electrons. The minimum absolute atomic E-state index is 0.0111. The van der Waals surface area contributed by atoms with E-state index >= 15 is 0 Å². The zero-order valence-electron chi connectivity index (χ0n) is 16.8. The molecule has 1 unspecified atom stereocenters. The van der Waals surface area contributed by atoms with Gasteiger partial charge in [0.2, 0.25) is 21.5 Å². The van der Waals surface area contributed by atoms with Crippen LogP contribution in [0.15, 0.2) is 58.2 Å². The Morgan fingerprint density at radius 3 is 2.55 bits per heavy atom. The van der Waals surface area contributed by atoms with Crippen molar-refractivity contribution >= 4 is 44.1 Å². The highest BCUT2D eigenvalue weighted by Crippen LogP contribution is 2.21. The van der Waals surface area contributed by atoms with E-state index in [2.05, 4.69) is 15.0 Å². The maximum atomic E-state index is 13.4. The number of aromatic nitrogens is 1. The van der Waals surface area contributed by atoms with E-state index in [0.29, 0.717) is 10.9 Å². The van der Waals surface area contributed by atoms with E-state index in [9.17, 15) is 22.4 Å². The van der Waals surface area contributed by atoms with Crippen LogP contribution in [0.5, 0.6) is 0 Å². The number of H-pyrrole nitrogens is 1. The normalized spacial score (nSPS) is 12.8. The van der Waals surface area contributed by atoms with Crippen LogP contribution < -0.4 is 15.6 Å². The van der Waals surface area contributed by atoms with E-state index in [1.54, 1.807) is 0 Å². The maximum absolute atomic E-state index is 13.4. The molecule has 1 aromatic heterocycles. The quantitative estimate of drug-likeness (QED) is 0.495. The van der Waals surface area contributed by atoms with Gasteiger partial charge in [0.1, 0.15) is 11.9 Å². The second-order valence-electron chi connectivity index (χ2n) is 7.49. The molecule has 0 aliphatic rings. The number of benzene rings is 2. The van der Waals surface area contributed by atoms with Crippen molar-refractivity contribution in [2.45, 2.75) is 31.2 Å². The maximum Gasteiger partial charge on any atom is 0.248 e. The molecule has 0 spiro atoms. The van der Waals surface area contributed by atoms with Gasteiger partial charge >= 0.3 is 0 Å². The largest absolute Gasteiger partial charge is 0.325 e. The first-order valence-electron chi connectivity index (χ1n) is 9.46. The fraction of sp³-hybridized carbons (Fsp3) is 0.238. The number of amides is 1. The minimum Gasteiger partial charge on any atom is -0.325 e. The molecule has 164 valence electrons. The second kappa shape index (κ2) is 9.17. The number of rotatable bonds is 7. The molecule has 0 fully saturated rings. The Hall–Kier alpha value is -2.75. The van der Waals surface area contributed by atoms with Gasteiger partial charge in [0, 0.05) is 17.3 Å². The highest BCUT2D eigenvalue weighted by Gasteiger charge is 2.27. The Morgan fingerprint density at radius 1 is 1.13 bits per heavy atom. The van der Waals surface area contributed by atoms with E-state index in [-0.39, 0.29) is 33.5 Å². The molecule has 1 heterocycles. The topological polar surface area (TPSA) is 108 Å². The van der Waals surface area contributed by atoms with E-state index < -0.39 is 27.8 Å². The molecule has 0 saturated carbocycles. The second-order valence-corrected chi connectivity index (χ2v) is 9.61. The van der Waals surface area contributed by atoms with Crippen LogP contribution in [-0.2, 0) is 14.8 Å². The molecule has 1 atom stereocenters. The minimum atomic E-state index is -4.05. The summed E-state index contributed by atoms with van der Waals surface area (Å²) in [6, 6.07) is 9.70. The summed E-state index contributed by atoms with van der Waals surface area (Å²) in [5, 5.41) is 2.94. The summed E-state index contributed by atoms with van der Waals surface area (Å²) in [5.74, 6) is -1.21. The number of hydrogen-bond donors (Lipinski definition) is 3. The number of halogens is 2. The number of fused-ring (bicyclic) bond motifs is 1. The van der Waals surface area contributed by atoms with E-state index in [4.69, 9.17) is 11.6 Å². The molecule has 10 heteroatoms. The first kappa shape index (κ1) is 22.9. The lowest BCUT2D eigenvalue weighted by Gasteiger charge is -2.20. The summed E-state index contributed by atoms with van der Waals surface area (Å²) in [7, 11) is -4.05. The predicted molar refractivity (Wildman–Crippen MR) is 118 cm³/mol. The summed E-state index contributed by atoms with van der Waals surface area (Å²) in [6.45, 7) is 3.71. The van der Waals surface area contributed by atoms with Crippen LogP contribution in [0, 0.1) is 11.7 Å². The van der Waals surface area contributed by atoms with Crippen molar-refractivity contribution in [3.63, 3.8) is 0 Å². The summed E-state index contributed by atoms with van der Waals surface area (Å²) >= 11 is 5.75.